The molecule has 22 heavy (non-hydrogen) atoms. The molecule has 116 valence electrons. The lowest BCUT2D eigenvalue weighted by Crippen LogP contribution is -2.37. The van der Waals surface area contributed by atoms with Gasteiger partial charge >= 0.3 is 0 Å². The summed E-state index contributed by atoms with van der Waals surface area (Å²) in [7, 11) is 0. The molecule has 3 nitrogen and oxygen atoms in total. The van der Waals surface area contributed by atoms with Crippen LogP contribution < -0.4 is 0 Å². The number of benzene rings is 1. The number of rotatable bonds is 2. The second-order valence-electron chi connectivity index (χ2n) is 6.17. The Hall–Kier alpha value is -1.68. The lowest BCUT2D eigenvalue weighted by molar-refractivity contribution is 0.0713. The lowest BCUT2D eigenvalue weighted by atomic mass is 9.96. The Kier molecular flexibility index (Phi) is 4.30. The van der Waals surface area contributed by atoms with Gasteiger partial charge in [-0.1, -0.05) is 6.07 Å². The Labute approximate surface area is 136 Å². The zero-order valence-electron chi connectivity index (χ0n) is 13.4. The fourth-order valence-corrected chi connectivity index (χ4v) is 3.89. The van der Waals surface area contributed by atoms with Crippen LogP contribution in [0.1, 0.15) is 50.1 Å². The van der Waals surface area contributed by atoms with Crippen molar-refractivity contribution in [3.63, 3.8) is 0 Å². The first-order valence-electron chi connectivity index (χ1n) is 7.83. The molecular formula is C18H22N2OS. The summed E-state index contributed by atoms with van der Waals surface area (Å²) in [6.45, 7) is 7.89. The van der Waals surface area contributed by atoms with Gasteiger partial charge in [0.25, 0.3) is 5.91 Å². The Bertz CT molecular complexity index is 684. The van der Waals surface area contributed by atoms with Crippen LogP contribution in [0.4, 0.5) is 0 Å². The van der Waals surface area contributed by atoms with Crippen LogP contribution in [-0.2, 0) is 0 Å². The highest BCUT2D eigenvalue weighted by molar-refractivity contribution is 7.11. The fourth-order valence-electron chi connectivity index (χ4n) is 2.95. The number of aryl methyl sites for hydroxylation is 3. The van der Waals surface area contributed by atoms with E-state index in [0.717, 1.165) is 31.5 Å². The van der Waals surface area contributed by atoms with Gasteiger partial charge < -0.3 is 4.90 Å². The van der Waals surface area contributed by atoms with E-state index in [2.05, 4.69) is 25.8 Å². The molecule has 1 aliphatic heterocycles. The molecule has 1 amide bonds. The van der Waals surface area contributed by atoms with E-state index in [1.54, 1.807) is 11.3 Å². The molecule has 0 aliphatic carbocycles. The van der Waals surface area contributed by atoms with Gasteiger partial charge in [0.1, 0.15) is 0 Å². The molecule has 0 N–H and O–H groups in total. The van der Waals surface area contributed by atoms with Crippen LogP contribution in [0, 0.1) is 20.8 Å². The summed E-state index contributed by atoms with van der Waals surface area (Å²) >= 11 is 1.79. The van der Waals surface area contributed by atoms with Gasteiger partial charge in [-0.2, -0.15) is 0 Å². The smallest absolute Gasteiger partial charge is 0.253 e. The molecule has 0 radical (unpaired) electrons. The molecule has 0 spiro atoms. The number of aromatic nitrogens is 1. The van der Waals surface area contributed by atoms with Crippen molar-refractivity contribution in [2.24, 2.45) is 0 Å². The third-order valence-corrected chi connectivity index (χ3v) is 5.60. The van der Waals surface area contributed by atoms with Crippen molar-refractivity contribution in [2.75, 3.05) is 13.1 Å². The fraction of sp³-hybridized carbons (Fsp3) is 0.444. The second kappa shape index (κ2) is 6.21. The zero-order chi connectivity index (χ0) is 15.7. The SMILES string of the molecule is Cc1cnc(C2CCN(C(=O)c3ccc(C)c(C)c3)CC2)s1. The standard InChI is InChI=1S/C18H22N2OS/c1-12-4-5-16(10-13(12)2)18(21)20-8-6-15(7-9-20)17-19-11-14(3)22-17/h4-5,10-11,15H,6-9H2,1-3H3. The Morgan fingerprint density at radius 2 is 1.91 bits per heavy atom. The average Bonchev–Trinajstić information content (AvgIpc) is 2.96. The topological polar surface area (TPSA) is 33.2 Å². The number of carbonyl (C=O) groups is 1. The minimum atomic E-state index is 0.164. The molecule has 3 rings (SSSR count). The molecule has 1 aliphatic rings. The van der Waals surface area contributed by atoms with Gasteiger partial charge in [0.2, 0.25) is 0 Å². The van der Waals surface area contributed by atoms with Gasteiger partial charge in [0.15, 0.2) is 0 Å². The number of thiazole rings is 1. The molecule has 1 aromatic carbocycles. The summed E-state index contributed by atoms with van der Waals surface area (Å²) in [5, 5.41) is 1.23. The number of hydrogen-bond acceptors (Lipinski definition) is 3. The molecule has 4 heteroatoms. The molecule has 0 unspecified atom stereocenters. The van der Waals surface area contributed by atoms with Crippen LogP contribution in [-0.4, -0.2) is 28.9 Å². The summed E-state index contributed by atoms with van der Waals surface area (Å²) < 4.78 is 0. The Morgan fingerprint density at radius 3 is 2.50 bits per heavy atom. The van der Waals surface area contributed by atoms with E-state index in [1.807, 2.05) is 29.3 Å². The molecule has 1 aromatic heterocycles. The van der Waals surface area contributed by atoms with Gasteiger partial charge in [0.05, 0.1) is 5.01 Å². The number of piperidine rings is 1. The molecule has 1 saturated heterocycles. The maximum Gasteiger partial charge on any atom is 0.253 e. The van der Waals surface area contributed by atoms with E-state index in [1.165, 1.54) is 21.0 Å². The van der Waals surface area contributed by atoms with Crippen molar-refractivity contribution >= 4 is 17.2 Å². The van der Waals surface area contributed by atoms with E-state index >= 15 is 0 Å². The molecule has 0 bridgehead atoms. The third kappa shape index (κ3) is 3.07. The summed E-state index contributed by atoms with van der Waals surface area (Å²) in [4.78, 5) is 20.4. The largest absolute Gasteiger partial charge is 0.339 e. The highest BCUT2D eigenvalue weighted by Gasteiger charge is 2.26. The number of likely N-dealkylation sites (tertiary alicyclic amines) is 1. The predicted octanol–water partition coefficient (Wildman–Crippen LogP) is 4.09. The third-order valence-electron chi connectivity index (χ3n) is 4.52. The maximum atomic E-state index is 12.6. The highest BCUT2D eigenvalue weighted by atomic mass is 32.1. The molecule has 2 aromatic rings. The summed E-state index contributed by atoms with van der Waals surface area (Å²) in [5.41, 5.74) is 3.22. The van der Waals surface area contributed by atoms with E-state index in [0.29, 0.717) is 5.92 Å². The maximum absolute atomic E-state index is 12.6. The van der Waals surface area contributed by atoms with E-state index in [4.69, 9.17) is 0 Å². The molecule has 0 saturated carbocycles. The van der Waals surface area contributed by atoms with Crippen LogP contribution in [0.3, 0.4) is 0 Å². The average molecular weight is 314 g/mol. The minimum absolute atomic E-state index is 0.164. The normalized spacial score (nSPS) is 16.0. The van der Waals surface area contributed by atoms with Crippen LogP contribution in [0.15, 0.2) is 24.4 Å². The number of carbonyl (C=O) groups excluding carboxylic acids is 1. The Balaban J connectivity index is 1.65. The lowest BCUT2D eigenvalue weighted by Gasteiger charge is -2.31. The highest BCUT2D eigenvalue weighted by Crippen LogP contribution is 2.31. The zero-order valence-corrected chi connectivity index (χ0v) is 14.2. The monoisotopic (exact) mass is 314 g/mol. The van der Waals surface area contributed by atoms with Crippen molar-refractivity contribution in [3.8, 4) is 0 Å². The van der Waals surface area contributed by atoms with Crippen molar-refractivity contribution in [1.29, 1.82) is 0 Å². The van der Waals surface area contributed by atoms with Gasteiger partial charge in [-0.25, -0.2) is 4.98 Å². The van der Waals surface area contributed by atoms with E-state index in [9.17, 15) is 4.79 Å². The van der Waals surface area contributed by atoms with Gasteiger partial charge in [-0.15, -0.1) is 11.3 Å². The summed E-state index contributed by atoms with van der Waals surface area (Å²) in [5.74, 6) is 0.680. The number of hydrogen-bond donors (Lipinski definition) is 0. The quantitative estimate of drug-likeness (QED) is 0.836. The van der Waals surface area contributed by atoms with Gasteiger partial charge in [-0.05, 0) is 56.9 Å². The first-order chi connectivity index (χ1) is 10.5. The molecule has 1 fully saturated rings. The second-order valence-corrected chi connectivity index (χ2v) is 7.44. The van der Waals surface area contributed by atoms with Crippen LogP contribution in [0.25, 0.3) is 0 Å². The van der Waals surface area contributed by atoms with Crippen LogP contribution >= 0.6 is 11.3 Å². The predicted molar refractivity (Wildman–Crippen MR) is 90.6 cm³/mol. The van der Waals surface area contributed by atoms with Crippen LogP contribution in [0.5, 0.6) is 0 Å². The Morgan fingerprint density at radius 1 is 1.18 bits per heavy atom. The van der Waals surface area contributed by atoms with Crippen molar-refractivity contribution in [2.45, 2.75) is 39.5 Å². The van der Waals surface area contributed by atoms with Crippen molar-refractivity contribution in [3.05, 3.63) is 51.0 Å². The molecule has 2 heterocycles. The van der Waals surface area contributed by atoms with Crippen LogP contribution in [0.2, 0.25) is 0 Å². The molecular weight excluding hydrogens is 292 g/mol. The van der Waals surface area contributed by atoms with Crippen molar-refractivity contribution < 1.29 is 4.79 Å². The summed E-state index contributed by atoms with van der Waals surface area (Å²) in [6, 6.07) is 5.99. The van der Waals surface area contributed by atoms with Crippen molar-refractivity contribution in [1.82, 2.24) is 9.88 Å². The molecule has 0 atom stereocenters. The number of amides is 1. The van der Waals surface area contributed by atoms with E-state index in [-0.39, 0.29) is 5.91 Å². The van der Waals surface area contributed by atoms with Gasteiger partial charge in [0, 0.05) is 35.6 Å². The minimum Gasteiger partial charge on any atom is -0.339 e. The van der Waals surface area contributed by atoms with E-state index < -0.39 is 0 Å². The first-order valence-corrected chi connectivity index (χ1v) is 8.65. The number of nitrogens with zero attached hydrogens (tertiary/aromatic N) is 2. The summed E-state index contributed by atoms with van der Waals surface area (Å²) in [6.07, 6.45) is 3.99. The first kappa shape index (κ1) is 15.2. The van der Waals surface area contributed by atoms with Gasteiger partial charge in [-0.3, -0.25) is 4.79 Å².